The minimum Gasteiger partial charge on any atom is -0.311 e. The Bertz CT molecular complexity index is 634. The molecule has 0 heterocycles. The molecule has 0 atom stereocenters. The van der Waals surface area contributed by atoms with Crippen molar-refractivity contribution < 1.29 is 4.79 Å². The summed E-state index contributed by atoms with van der Waals surface area (Å²) in [6, 6.07) is 14.0. The quantitative estimate of drug-likeness (QED) is 0.831. The fraction of sp³-hybridized carbons (Fsp3) is 0.278. The monoisotopic (exact) mass is 299 g/mol. The smallest absolute Gasteiger partial charge is 0.258 e. The van der Waals surface area contributed by atoms with Gasteiger partial charge in [0.15, 0.2) is 0 Å². The third-order valence-corrected chi connectivity index (χ3v) is 4.15. The summed E-state index contributed by atoms with van der Waals surface area (Å²) in [5, 5.41) is 0. The fourth-order valence-electron chi connectivity index (χ4n) is 2.39. The first kappa shape index (κ1) is 15.6. The van der Waals surface area contributed by atoms with Crippen LogP contribution in [0.25, 0.3) is 0 Å². The van der Waals surface area contributed by atoms with Crippen molar-refractivity contribution in [2.24, 2.45) is 0 Å². The van der Waals surface area contributed by atoms with Gasteiger partial charge < -0.3 is 4.90 Å². The molecule has 3 heteroatoms. The average molecular weight is 299 g/mol. The molecule has 0 aliphatic heterocycles. The largest absolute Gasteiger partial charge is 0.311 e. The van der Waals surface area contributed by atoms with Gasteiger partial charge >= 0.3 is 0 Å². The van der Waals surface area contributed by atoms with E-state index in [-0.39, 0.29) is 5.91 Å². The number of aryl methyl sites for hydroxylation is 2. The zero-order valence-corrected chi connectivity index (χ0v) is 13.8. The number of rotatable bonds is 4. The number of benzene rings is 2. The lowest BCUT2D eigenvalue weighted by Crippen LogP contribution is -2.26. The van der Waals surface area contributed by atoms with E-state index < -0.39 is 0 Å². The number of nitrogens with zero attached hydrogens (tertiary/aromatic N) is 1. The van der Waals surface area contributed by atoms with Crippen molar-refractivity contribution in [2.75, 3.05) is 18.2 Å². The molecule has 2 aromatic carbocycles. The Kier molecular flexibility index (Phi) is 5.07. The van der Waals surface area contributed by atoms with Gasteiger partial charge in [-0.25, -0.2) is 0 Å². The van der Waals surface area contributed by atoms with Crippen LogP contribution in [0.4, 0.5) is 5.69 Å². The molecule has 21 heavy (non-hydrogen) atoms. The van der Waals surface area contributed by atoms with E-state index in [1.54, 1.807) is 16.7 Å². The van der Waals surface area contributed by atoms with Crippen molar-refractivity contribution in [3.8, 4) is 0 Å². The average Bonchev–Trinajstić information content (AvgIpc) is 2.47. The second-order valence-electron chi connectivity index (χ2n) is 5.28. The topological polar surface area (TPSA) is 20.3 Å². The van der Waals surface area contributed by atoms with E-state index >= 15 is 0 Å². The molecule has 0 N–H and O–H groups in total. The highest BCUT2D eigenvalue weighted by Crippen LogP contribution is 2.22. The van der Waals surface area contributed by atoms with Crippen LogP contribution in [0.1, 0.15) is 27.0 Å². The summed E-state index contributed by atoms with van der Waals surface area (Å²) < 4.78 is 0. The highest BCUT2D eigenvalue weighted by atomic mass is 32.2. The number of hydrogen-bond donors (Lipinski definition) is 0. The minimum atomic E-state index is 0.0256. The summed E-state index contributed by atoms with van der Waals surface area (Å²) in [6.45, 7) is 4.09. The summed E-state index contributed by atoms with van der Waals surface area (Å²) in [5.41, 5.74) is 5.25. The van der Waals surface area contributed by atoms with Crippen LogP contribution in [0, 0.1) is 13.8 Å². The molecule has 0 saturated heterocycles. The SMILES string of the molecule is CSCc1ccc(C(=O)N(C)c2ccc(C)cc2C)cc1. The molecule has 0 aliphatic rings. The first-order valence-corrected chi connectivity index (χ1v) is 8.35. The second-order valence-corrected chi connectivity index (χ2v) is 6.15. The number of thioether (sulfide) groups is 1. The van der Waals surface area contributed by atoms with Gasteiger partial charge in [-0.3, -0.25) is 4.79 Å². The lowest BCUT2D eigenvalue weighted by molar-refractivity contribution is 0.0993. The molecule has 0 unspecified atom stereocenters. The zero-order chi connectivity index (χ0) is 15.4. The maximum absolute atomic E-state index is 12.6. The second kappa shape index (κ2) is 6.81. The predicted octanol–water partition coefficient (Wildman–Crippen LogP) is 4.44. The lowest BCUT2D eigenvalue weighted by atomic mass is 10.1. The Morgan fingerprint density at radius 1 is 1.10 bits per heavy atom. The van der Waals surface area contributed by atoms with Crippen molar-refractivity contribution in [1.82, 2.24) is 0 Å². The third kappa shape index (κ3) is 3.67. The van der Waals surface area contributed by atoms with Gasteiger partial charge in [0.2, 0.25) is 0 Å². The molecule has 0 fully saturated rings. The van der Waals surface area contributed by atoms with Crippen molar-refractivity contribution in [1.29, 1.82) is 0 Å². The zero-order valence-electron chi connectivity index (χ0n) is 13.0. The van der Waals surface area contributed by atoms with Crippen molar-refractivity contribution in [3.63, 3.8) is 0 Å². The van der Waals surface area contributed by atoms with Crippen molar-refractivity contribution in [3.05, 3.63) is 64.7 Å². The number of amides is 1. The maximum Gasteiger partial charge on any atom is 0.258 e. The summed E-state index contributed by atoms with van der Waals surface area (Å²) in [5.74, 6) is 0.999. The van der Waals surface area contributed by atoms with Crippen LogP contribution in [0.2, 0.25) is 0 Å². The van der Waals surface area contributed by atoms with Gasteiger partial charge in [0, 0.05) is 24.1 Å². The van der Waals surface area contributed by atoms with Crippen LogP contribution < -0.4 is 4.90 Å². The minimum absolute atomic E-state index is 0.0256. The molecule has 0 spiro atoms. The fourth-order valence-corrected chi connectivity index (χ4v) is 2.92. The van der Waals surface area contributed by atoms with Gasteiger partial charge in [-0.05, 0) is 49.4 Å². The molecule has 0 aromatic heterocycles. The highest BCUT2D eigenvalue weighted by molar-refractivity contribution is 7.97. The maximum atomic E-state index is 12.6. The first-order chi connectivity index (χ1) is 10.0. The highest BCUT2D eigenvalue weighted by Gasteiger charge is 2.15. The van der Waals surface area contributed by atoms with Crippen LogP contribution in [-0.2, 0) is 5.75 Å². The van der Waals surface area contributed by atoms with E-state index in [0.717, 1.165) is 22.6 Å². The molecule has 2 nitrogen and oxygen atoms in total. The number of hydrogen-bond acceptors (Lipinski definition) is 2. The van der Waals surface area contributed by atoms with Gasteiger partial charge in [-0.1, -0.05) is 29.8 Å². The van der Waals surface area contributed by atoms with E-state index in [0.29, 0.717) is 0 Å². The molecule has 0 bridgehead atoms. The molecule has 2 aromatic rings. The Balaban J connectivity index is 2.22. The van der Waals surface area contributed by atoms with Crippen LogP contribution in [0.5, 0.6) is 0 Å². The molecule has 110 valence electrons. The Labute approximate surface area is 131 Å². The predicted molar refractivity (Wildman–Crippen MR) is 92.3 cm³/mol. The van der Waals surface area contributed by atoms with Gasteiger partial charge in [0.25, 0.3) is 5.91 Å². The van der Waals surface area contributed by atoms with Crippen LogP contribution in [-0.4, -0.2) is 19.2 Å². The van der Waals surface area contributed by atoms with E-state index in [9.17, 15) is 4.79 Å². The van der Waals surface area contributed by atoms with E-state index in [4.69, 9.17) is 0 Å². The normalized spacial score (nSPS) is 10.5. The number of carbonyl (C=O) groups is 1. The van der Waals surface area contributed by atoms with Crippen molar-refractivity contribution in [2.45, 2.75) is 19.6 Å². The van der Waals surface area contributed by atoms with E-state index in [1.165, 1.54) is 11.1 Å². The molecule has 1 amide bonds. The third-order valence-electron chi connectivity index (χ3n) is 3.53. The van der Waals surface area contributed by atoms with Crippen LogP contribution >= 0.6 is 11.8 Å². The Morgan fingerprint density at radius 3 is 2.33 bits per heavy atom. The van der Waals surface area contributed by atoms with Crippen molar-refractivity contribution >= 4 is 23.4 Å². The summed E-state index contributed by atoms with van der Waals surface area (Å²) >= 11 is 1.78. The van der Waals surface area contributed by atoms with Gasteiger partial charge in [-0.2, -0.15) is 11.8 Å². The lowest BCUT2D eigenvalue weighted by Gasteiger charge is -2.20. The number of anilines is 1. The standard InChI is InChI=1S/C18H21NOS/c1-13-5-10-17(14(2)11-13)19(3)18(20)16-8-6-15(7-9-16)12-21-4/h5-11H,12H2,1-4H3. The molecule has 0 radical (unpaired) electrons. The Morgan fingerprint density at radius 2 is 1.76 bits per heavy atom. The molecular formula is C18H21NOS. The van der Waals surface area contributed by atoms with E-state index in [2.05, 4.69) is 19.2 Å². The van der Waals surface area contributed by atoms with Crippen LogP contribution in [0.3, 0.4) is 0 Å². The first-order valence-electron chi connectivity index (χ1n) is 6.96. The summed E-state index contributed by atoms with van der Waals surface area (Å²) in [4.78, 5) is 14.3. The van der Waals surface area contributed by atoms with E-state index in [1.807, 2.05) is 50.4 Å². The summed E-state index contributed by atoms with van der Waals surface area (Å²) in [6.07, 6.45) is 2.08. The molecular weight excluding hydrogens is 278 g/mol. The Hall–Kier alpha value is -1.74. The number of carbonyl (C=O) groups excluding carboxylic acids is 1. The van der Waals surface area contributed by atoms with Crippen LogP contribution in [0.15, 0.2) is 42.5 Å². The van der Waals surface area contributed by atoms with Gasteiger partial charge in [0.1, 0.15) is 0 Å². The van der Waals surface area contributed by atoms with Gasteiger partial charge in [-0.15, -0.1) is 0 Å². The van der Waals surface area contributed by atoms with Gasteiger partial charge in [0.05, 0.1) is 0 Å². The molecule has 2 rings (SSSR count). The molecule has 0 saturated carbocycles. The molecule has 0 aliphatic carbocycles. The summed E-state index contributed by atoms with van der Waals surface area (Å²) in [7, 11) is 1.83.